The third-order valence-electron chi connectivity index (χ3n) is 6.85. The first-order chi connectivity index (χ1) is 18.7. The van der Waals surface area contributed by atoms with Crippen LogP contribution in [-0.2, 0) is 29.9 Å². The summed E-state index contributed by atoms with van der Waals surface area (Å²) in [5.74, 6) is -0.585. The van der Waals surface area contributed by atoms with Gasteiger partial charge in [0, 0.05) is 53.5 Å². The lowest BCUT2D eigenvalue weighted by molar-refractivity contribution is 0.589. The first-order valence-electron chi connectivity index (χ1n) is 12.3. The fourth-order valence-electron chi connectivity index (χ4n) is 4.68. The number of halogens is 2. The van der Waals surface area contributed by atoms with Gasteiger partial charge in [0.1, 0.15) is 11.6 Å². The molecule has 1 saturated carbocycles. The second-order valence-corrected chi connectivity index (χ2v) is 12.2. The average Bonchev–Trinajstić information content (AvgIpc) is 3.24. The van der Waals surface area contributed by atoms with Crippen molar-refractivity contribution in [3.05, 3.63) is 88.8 Å². The maximum absolute atomic E-state index is 15.2. The van der Waals surface area contributed by atoms with E-state index in [-0.39, 0.29) is 11.3 Å². The maximum atomic E-state index is 15.2. The predicted molar refractivity (Wildman–Crippen MR) is 144 cm³/mol. The van der Waals surface area contributed by atoms with Crippen LogP contribution < -0.4 is 5.14 Å². The number of nitrogens with zero attached hydrogens (tertiary/aromatic N) is 5. The van der Waals surface area contributed by atoms with Crippen LogP contribution in [0.5, 0.6) is 0 Å². The van der Waals surface area contributed by atoms with E-state index in [4.69, 9.17) is 10.2 Å². The van der Waals surface area contributed by atoms with E-state index in [1.54, 1.807) is 47.1 Å². The highest BCUT2D eigenvalue weighted by atomic mass is 32.2. The highest BCUT2D eigenvalue weighted by Crippen LogP contribution is 2.39. The Morgan fingerprint density at radius 3 is 2.56 bits per heavy atom. The number of sulfonamides is 1. The molecule has 0 aliphatic heterocycles. The van der Waals surface area contributed by atoms with Crippen molar-refractivity contribution in [3.8, 4) is 27.5 Å². The molecule has 1 fully saturated rings. The summed E-state index contributed by atoms with van der Waals surface area (Å²) in [7, 11) is -2.28. The highest BCUT2D eigenvalue weighted by Gasteiger charge is 2.29. The number of hydrogen-bond acceptors (Lipinski definition) is 6. The topological polar surface area (TPSA) is 109 Å². The number of nitrogens with two attached hydrogens (primary N) is 1. The molecule has 8 nitrogen and oxygen atoms in total. The molecule has 2 aromatic carbocycles. The van der Waals surface area contributed by atoms with Crippen LogP contribution in [0.2, 0.25) is 0 Å². The highest BCUT2D eigenvalue weighted by molar-refractivity contribution is 7.89. The zero-order valence-electron chi connectivity index (χ0n) is 20.9. The number of aromatic nitrogens is 5. The molecule has 2 N–H and O–H groups in total. The van der Waals surface area contributed by atoms with Crippen LogP contribution >= 0.6 is 11.3 Å². The van der Waals surface area contributed by atoms with Crippen LogP contribution in [0.1, 0.15) is 29.7 Å². The lowest BCUT2D eigenvalue weighted by Crippen LogP contribution is -2.12. The van der Waals surface area contributed by atoms with E-state index in [0.29, 0.717) is 39.0 Å². The lowest BCUT2D eigenvalue weighted by Gasteiger charge is -2.11. The first kappa shape index (κ1) is 25.5. The van der Waals surface area contributed by atoms with Crippen LogP contribution in [-0.4, -0.2) is 33.0 Å². The van der Waals surface area contributed by atoms with Crippen LogP contribution in [0.25, 0.3) is 27.5 Å². The molecule has 3 heterocycles. The Morgan fingerprint density at radius 1 is 1.10 bits per heavy atom. The molecule has 0 spiro atoms. The predicted octanol–water partition coefficient (Wildman–Crippen LogP) is 4.87. The van der Waals surface area contributed by atoms with Gasteiger partial charge < -0.3 is 0 Å². The van der Waals surface area contributed by atoms with Gasteiger partial charge >= 0.3 is 0 Å². The van der Waals surface area contributed by atoms with Crippen LogP contribution in [0.3, 0.4) is 0 Å². The Morgan fingerprint density at radius 2 is 1.92 bits per heavy atom. The Bertz CT molecular complexity index is 1790. The van der Waals surface area contributed by atoms with Gasteiger partial charge in [-0.3, -0.25) is 4.68 Å². The zero-order chi connectivity index (χ0) is 27.3. The molecule has 1 aliphatic rings. The van der Waals surface area contributed by atoms with Crippen molar-refractivity contribution in [2.24, 2.45) is 18.1 Å². The third-order valence-corrected chi connectivity index (χ3v) is 8.50. The quantitative estimate of drug-likeness (QED) is 0.288. The smallest absolute Gasteiger partial charge is 0.238 e. The second-order valence-electron chi connectivity index (χ2n) is 9.72. The third kappa shape index (κ3) is 5.14. The van der Waals surface area contributed by atoms with Crippen molar-refractivity contribution < 1.29 is 17.2 Å². The van der Waals surface area contributed by atoms with Gasteiger partial charge in [-0.2, -0.15) is 10.2 Å². The van der Waals surface area contributed by atoms with E-state index >= 15 is 4.39 Å². The van der Waals surface area contributed by atoms with Crippen molar-refractivity contribution in [3.63, 3.8) is 0 Å². The molecule has 3 aromatic heterocycles. The standard InChI is InChI=1S/C27H24F2N6O2S2/c1-34-15-19(14-32-34)21-12-18(5-7-23(21)28)26-22(11-17-4-6-20(13-24(17)29)39(30,36)37)25(10-16-2-3-16)35(33-26)27-31-8-9-38-27/h4-9,12-16H,2-3,10-11H2,1H3,(H2,30,36,37). The van der Waals surface area contributed by atoms with E-state index in [1.165, 1.54) is 29.5 Å². The van der Waals surface area contributed by atoms with Gasteiger partial charge in [-0.25, -0.2) is 32.0 Å². The summed E-state index contributed by atoms with van der Waals surface area (Å²) in [6.07, 6.45) is 8.10. The number of benzene rings is 2. The molecule has 12 heteroatoms. The fraction of sp³-hybridized carbons (Fsp3) is 0.222. The van der Waals surface area contributed by atoms with Crippen LogP contribution in [0.15, 0.2) is 65.3 Å². The summed E-state index contributed by atoms with van der Waals surface area (Å²) in [6, 6.07) is 8.46. The lowest BCUT2D eigenvalue weighted by atomic mass is 9.95. The number of rotatable bonds is 8. The molecule has 0 bridgehead atoms. The largest absolute Gasteiger partial charge is 0.275 e. The SMILES string of the molecule is Cn1cc(-c2cc(-c3nn(-c4nccs4)c(CC4CC4)c3Cc3ccc(S(N)(=O)=O)cc3F)ccc2F)cn1. The van der Waals surface area contributed by atoms with E-state index < -0.39 is 21.7 Å². The second kappa shape index (κ2) is 9.78. The van der Waals surface area contributed by atoms with Gasteiger partial charge in [0.2, 0.25) is 15.2 Å². The molecule has 0 unspecified atom stereocenters. The molecule has 0 amide bonds. The Hall–Kier alpha value is -3.74. The summed E-state index contributed by atoms with van der Waals surface area (Å²) in [4.78, 5) is 4.17. The van der Waals surface area contributed by atoms with E-state index in [1.807, 2.05) is 5.38 Å². The minimum absolute atomic E-state index is 0.152. The molecule has 1 aliphatic carbocycles. The van der Waals surface area contributed by atoms with Crippen molar-refractivity contribution in [1.82, 2.24) is 24.5 Å². The zero-order valence-corrected chi connectivity index (χ0v) is 22.5. The van der Waals surface area contributed by atoms with Gasteiger partial charge in [0.05, 0.1) is 22.5 Å². The first-order valence-corrected chi connectivity index (χ1v) is 14.7. The maximum Gasteiger partial charge on any atom is 0.238 e. The van der Waals surface area contributed by atoms with Gasteiger partial charge in [-0.1, -0.05) is 6.07 Å². The summed E-state index contributed by atoms with van der Waals surface area (Å²) in [5, 5.41) is 16.8. The number of primary sulfonamides is 1. The van der Waals surface area contributed by atoms with E-state index in [9.17, 15) is 12.8 Å². The summed E-state index contributed by atoms with van der Waals surface area (Å²) in [6.45, 7) is 0. The Balaban J connectivity index is 1.53. The minimum Gasteiger partial charge on any atom is -0.275 e. The van der Waals surface area contributed by atoms with Gasteiger partial charge in [-0.15, -0.1) is 11.3 Å². The number of aryl methyl sites for hydroxylation is 1. The van der Waals surface area contributed by atoms with Gasteiger partial charge in [0.25, 0.3) is 0 Å². The molecular weight excluding hydrogens is 542 g/mol. The molecule has 0 radical (unpaired) electrons. The van der Waals surface area contributed by atoms with E-state index in [0.717, 1.165) is 36.6 Å². The average molecular weight is 567 g/mol. The number of thiazole rings is 1. The van der Waals surface area contributed by atoms with Crippen molar-refractivity contribution in [1.29, 1.82) is 0 Å². The van der Waals surface area contributed by atoms with E-state index in [2.05, 4.69) is 10.1 Å². The molecule has 39 heavy (non-hydrogen) atoms. The van der Waals surface area contributed by atoms with Crippen molar-refractivity contribution >= 4 is 21.4 Å². The normalized spacial score (nSPS) is 13.7. The Kier molecular flexibility index (Phi) is 6.40. The molecule has 5 aromatic rings. The molecule has 0 saturated heterocycles. The van der Waals surface area contributed by atoms with Crippen LogP contribution in [0, 0.1) is 17.6 Å². The van der Waals surface area contributed by atoms with Gasteiger partial charge in [0.15, 0.2) is 0 Å². The molecular formula is C27H24F2N6O2S2. The fourth-order valence-corrected chi connectivity index (χ4v) is 5.82. The van der Waals surface area contributed by atoms with Crippen LogP contribution in [0.4, 0.5) is 8.78 Å². The summed E-state index contributed by atoms with van der Waals surface area (Å²) >= 11 is 1.44. The van der Waals surface area contributed by atoms with Crippen molar-refractivity contribution in [2.45, 2.75) is 30.6 Å². The molecule has 200 valence electrons. The monoisotopic (exact) mass is 566 g/mol. The summed E-state index contributed by atoms with van der Waals surface area (Å²) in [5.41, 5.74) is 4.24. The molecule has 6 rings (SSSR count). The van der Waals surface area contributed by atoms with Gasteiger partial charge in [-0.05, 0) is 61.1 Å². The minimum atomic E-state index is -4.05. The van der Waals surface area contributed by atoms with Crippen molar-refractivity contribution in [2.75, 3.05) is 0 Å². The summed E-state index contributed by atoms with van der Waals surface area (Å²) < 4.78 is 57.0. The molecule has 0 atom stereocenters. The number of hydrogen-bond donors (Lipinski definition) is 1. The Labute approximate surface area is 227 Å².